The Bertz CT molecular complexity index is 1320. The number of carboxylic acid groups (broad SMARTS) is 1. The standard InChI is InChI=1S/C25H31BrN6O3/c1-6-31-21-18(13-19(26)22(31)33)15(2)27-23(29-21)28-16-7-9-17(10-8-16)30-11-12-32(24(34)35)20(14-30)25(3,4)5/h7-10,13,20H,6,11-12,14H2,1-5H3,(H,34,35)(H,27,28,29). The van der Waals surface area contributed by atoms with Crippen LogP contribution in [0.5, 0.6) is 0 Å². The SMILES string of the molecule is CCn1c(=O)c(Br)cc2c(C)nc(Nc3ccc(N4CCN(C(=O)O)C(C(C)(C)C)C4)cc3)nc21. The van der Waals surface area contributed by atoms with Gasteiger partial charge >= 0.3 is 6.09 Å². The molecule has 2 aromatic heterocycles. The number of amides is 1. The summed E-state index contributed by atoms with van der Waals surface area (Å²) in [7, 11) is 0. The Kier molecular flexibility index (Phi) is 6.77. The van der Waals surface area contributed by atoms with Crippen LogP contribution in [0.1, 0.15) is 33.4 Å². The predicted molar refractivity (Wildman–Crippen MR) is 142 cm³/mol. The Morgan fingerprint density at radius 1 is 1.20 bits per heavy atom. The number of pyridine rings is 1. The van der Waals surface area contributed by atoms with Gasteiger partial charge in [-0.3, -0.25) is 9.36 Å². The van der Waals surface area contributed by atoms with Crippen LogP contribution in [0.25, 0.3) is 11.0 Å². The minimum Gasteiger partial charge on any atom is -0.465 e. The molecule has 9 nitrogen and oxygen atoms in total. The van der Waals surface area contributed by atoms with Gasteiger partial charge in [-0.05, 0) is 65.5 Å². The molecule has 0 saturated carbocycles. The maximum atomic E-state index is 12.5. The number of carbonyl (C=O) groups is 1. The number of hydrogen-bond acceptors (Lipinski definition) is 6. The van der Waals surface area contributed by atoms with Gasteiger partial charge in [0.15, 0.2) is 0 Å². The van der Waals surface area contributed by atoms with Crippen LogP contribution < -0.4 is 15.8 Å². The van der Waals surface area contributed by atoms with Gasteiger partial charge in [0.05, 0.1) is 16.2 Å². The molecule has 1 atom stereocenters. The molecule has 1 aliphatic heterocycles. The lowest BCUT2D eigenvalue weighted by Crippen LogP contribution is -2.59. The first-order chi connectivity index (χ1) is 16.5. The summed E-state index contributed by atoms with van der Waals surface area (Å²) in [6.07, 6.45) is -0.865. The lowest BCUT2D eigenvalue weighted by Gasteiger charge is -2.46. The van der Waals surface area contributed by atoms with Gasteiger partial charge in [-0.2, -0.15) is 4.98 Å². The molecule has 1 aromatic carbocycles. The van der Waals surface area contributed by atoms with Gasteiger partial charge in [-0.25, -0.2) is 9.78 Å². The second kappa shape index (κ2) is 9.49. The van der Waals surface area contributed by atoms with Gasteiger partial charge in [-0.1, -0.05) is 20.8 Å². The predicted octanol–water partition coefficient (Wildman–Crippen LogP) is 4.84. The molecule has 4 rings (SSSR count). The van der Waals surface area contributed by atoms with E-state index in [4.69, 9.17) is 0 Å². The summed E-state index contributed by atoms with van der Waals surface area (Å²) in [4.78, 5) is 37.2. The van der Waals surface area contributed by atoms with Crippen molar-refractivity contribution in [1.29, 1.82) is 0 Å². The van der Waals surface area contributed by atoms with Crippen LogP contribution in [0.2, 0.25) is 0 Å². The second-order valence-electron chi connectivity index (χ2n) is 9.89. The Balaban J connectivity index is 1.57. The number of fused-ring (bicyclic) bond motifs is 1. The van der Waals surface area contributed by atoms with Crippen LogP contribution in [-0.2, 0) is 6.54 Å². The zero-order valence-electron chi connectivity index (χ0n) is 20.7. The molecule has 1 saturated heterocycles. The zero-order chi connectivity index (χ0) is 25.5. The van der Waals surface area contributed by atoms with E-state index in [2.05, 4.69) is 56.9 Å². The number of nitrogens with one attached hydrogen (secondary N) is 1. The van der Waals surface area contributed by atoms with E-state index in [1.807, 2.05) is 38.1 Å². The molecule has 186 valence electrons. The topological polar surface area (TPSA) is 104 Å². The van der Waals surface area contributed by atoms with Crippen molar-refractivity contribution in [1.82, 2.24) is 19.4 Å². The third kappa shape index (κ3) is 4.98. The van der Waals surface area contributed by atoms with Crippen LogP contribution in [-0.4, -0.2) is 56.3 Å². The Morgan fingerprint density at radius 3 is 2.49 bits per heavy atom. The molecule has 3 heterocycles. The number of benzene rings is 1. The summed E-state index contributed by atoms with van der Waals surface area (Å²) >= 11 is 3.34. The van der Waals surface area contributed by atoms with Gasteiger partial charge < -0.3 is 20.2 Å². The quantitative estimate of drug-likeness (QED) is 0.486. The molecule has 35 heavy (non-hydrogen) atoms. The molecule has 1 amide bonds. The smallest absolute Gasteiger partial charge is 0.407 e. The van der Waals surface area contributed by atoms with Crippen molar-refractivity contribution in [3.05, 3.63) is 50.9 Å². The molecule has 3 aromatic rings. The highest BCUT2D eigenvalue weighted by molar-refractivity contribution is 9.10. The Morgan fingerprint density at radius 2 is 1.89 bits per heavy atom. The number of aryl methyl sites for hydroxylation is 2. The van der Waals surface area contributed by atoms with E-state index in [9.17, 15) is 14.7 Å². The fourth-order valence-electron chi connectivity index (χ4n) is 4.58. The first-order valence-electron chi connectivity index (χ1n) is 11.7. The largest absolute Gasteiger partial charge is 0.465 e. The van der Waals surface area contributed by atoms with E-state index >= 15 is 0 Å². The average molecular weight is 543 g/mol. The van der Waals surface area contributed by atoms with Crippen LogP contribution >= 0.6 is 15.9 Å². The third-order valence-electron chi connectivity index (χ3n) is 6.52. The minimum atomic E-state index is -0.865. The number of nitrogens with zero attached hydrogens (tertiary/aromatic N) is 5. The fraction of sp³-hybridized carbons (Fsp3) is 0.440. The van der Waals surface area contributed by atoms with E-state index in [1.165, 1.54) is 0 Å². The number of aromatic nitrogens is 3. The maximum Gasteiger partial charge on any atom is 0.407 e. The van der Waals surface area contributed by atoms with Crippen molar-refractivity contribution in [2.24, 2.45) is 5.41 Å². The fourth-order valence-corrected chi connectivity index (χ4v) is 5.02. The van der Waals surface area contributed by atoms with Gasteiger partial charge in [0.2, 0.25) is 5.95 Å². The van der Waals surface area contributed by atoms with Crippen LogP contribution in [0.4, 0.5) is 22.1 Å². The molecular formula is C25H31BrN6O3. The van der Waals surface area contributed by atoms with Gasteiger partial charge in [0.25, 0.3) is 5.56 Å². The number of halogens is 1. The summed E-state index contributed by atoms with van der Waals surface area (Å²) in [6.45, 7) is 12.3. The molecule has 2 N–H and O–H groups in total. The number of hydrogen-bond donors (Lipinski definition) is 2. The molecular weight excluding hydrogens is 512 g/mol. The van der Waals surface area contributed by atoms with E-state index in [0.29, 0.717) is 42.2 Å². The summed E-state index contributed by atoms with van der Waals surface area (Å²) < 4.78 is 2.12. The Hall–Kier alpha value is -3.14. The highest BCUT2D eigenvalue weighted by atomic mass is 79.9. The van der Waals surface area contributed by atoms with Crippen LogP contribution in [0, 0.1) is 12.3 Å². The molecule has 10 heteroatoms. The minimum absolute atomic E-state index is 0.100. The number of rotatable bonds is 4. The van der Waals surface area contributed by atoms with Crippen molar-refractivity contribution in [2.45, 2.75) is 47.2 Å². The highest BCUT2D eigenvalue weighted by Gasteiger charge is 2.38. The van der Waals surface area contributed by atoms with E-state index in [0.717, 1.165) is 22.5 Å². The lowest BCUT2D eigenvalue weighted by atomic mass is 9.84. The van der Waals surface area contributed by atoms with Crippen LogP contribution in [0.3, 0.4) is 0 Å². The first kappa shape index (κ1) is 25.0. The summed E-state index contributed by atoms with van der Waals surface area (Å²) in [6, 6.07) is 9.63. The Labute approximate surface area is 212 Å². The van der Waals surface area contributed by atoms with Gasteiger partial charge in [0, 0.05) is 42.9 Å². The third-order valence-corrected chi connectivity index (χ3v) is 7.09. The van der Waals surface area contributed by atoms with E-state index in [1.54, 1.807) is 15.5 Å². The van der Waals surface area contributed by atoms with Crippen molar-refractivity contribution < 1.29 is 9.90 Å². The first-order valence-corrected chi connectivity index (χ1v) is 12.5. The number of piperazine rings is 1. The van der Waals surface area contributed by atoms with Crippen molar-refractivity contribution in [3.8, 4) is 0 Å². The van der Waals surface area contributed by atoms with Crippen LogP contribution in [0.15, 0.2) is 39.6 Å². The zero-order valence-corrected chi connectivity index (χ0v) is 22.3. The number of anilines is 3. The summed E-state index contributed by atoms with van der Waals surface area (Å²) in [5, 5.41) is 13.7. The van der Waals surface area contributed by atoms with E-state index < -0.39 is 6.09 Å². The normalized spacial score (nSPS) is 16.6. The monoisotopic (exact) mass is 542 g/mol. The molecule has 1 unspecified atom stereocenters. The maximum absolute atomic E-state index is 12.5. The molecule has 0 radical (unpaired) electrons. The summed E-state index contributed by atoms with van der Waals surface area (Å²) in [5.74, 6) is 0.426. The van der Waals surface area contributed by atoms with Gasteiger partial charge in [0.1, 0.15) is 5.65 Å². The molecule has 0 spiro atoms. The lowest BCUT2D eigenvalue weighted by molar-refractivity contribution is 0.0748. The molecule has 1 fully saturated rings. The van der Waals surface area contributed by atoms with Crippen molar-refractivity contribution in [3.63, 3.8) is 0 Å². The molecule has 0 bridgehead atoms. The van der Waals surface area contributed by atoms with Crippen molar-refractivity contribution >= 4 is 50.4 Å². The highest BCUT2D eigenvalue weighted by Crippen LogP contribution is 2.31. The molecule has 1 aliphatic rings. The summed E-state index contributed by atoms with van der Waals surface area (Å²) in [5.41, 5.74) is 2.95. The van der Waals surface area contributed by atoms with Gasteiger partial charge in [-0.15, -0.1) is 0 Å². The molecule has 0 aliphatic carbocycles. The second-order valence-corrected chi connectivity index (χ2v) is 10.7. The van der Waals surface area contributed by atoms with Crippen molar-refractivity contribution in [2.75, 3.05) is 29.9 Å². The average Bonchev–Trinajstić information content (AvgIpc) is 2.80. The van der Waals surface area contributed by atoms with E-state index in [-0.39, 0.29) is 17.0 Å².